The number of carbonyl (C=O) groups is 8. The second-order valence-corrected chi connectivity index (χ2v) is 11.8. The fourth-order valence-corrected chi connectivity index (χ4v) is 4.80. The number of carboxylic acid groups (broad SMARTS) is 4. The molecule has 0 fully saturated rings. The molecule has 0 rings (SSSR count). The van der Waals surface area contributed by atoms with E-state index in [9.17, 15) is 53.7 Å². The summed E-state index contributed by atoms with van der Waals surface area (Å²) in [5, 5.41) is 43.5. The van der Waals surface area contributed by atoms with E-state index in [-0.39, 0.29) is 44.3 Å². The first kappa shape index (κ1) is 43.0. The maximum atomic E-state index is 12.4. The predicted molar refractivity (Wildman–Crippen MR) is 169 cm³/mol. The van der Waals surface area contributed by atoms with Crippen molar-refractivity contribution in [3.63, 3.8) is 0 Å². The molecule has 0 unspecified atom stereocenters. The number of amides is 3. The van der Waals surface area contributed by atoms with Gasteiger partial charge in [0.25, 0.3) is 0 Å². The molecule has 15 heteroatoms. The van der Waals surface area contributed by atoms with Crippen LogP contribution in [0.5, 0.6) is 0 Å². The van der Waals surface area contributed by atoms with Gasteiger partial charge >= 0.3 is 23.9 Å². The largest absolute Gasteiger partial charge is 0.481 e. The fourth-order valence-electron chi connectivity index (χ4n) is 4.80. The van der Waals surface area contributed by atoms with E-state index >= 15 is 0 Å². The van der Waals surface area contributed by atoms with Gasteiger partial charge in [-0.2, -0.15) is 0 Å². The van der Waals surface area contributed by atoms with Crippen LogP contribution in [-0.4, -0.2) is 85.9 Å². The van der Waals surface area contributed by atoms with Crippen LogP contribution in [0.1, 0.15) is 135 Å². The fraction of sp³-hybridized carbons (Fsp3) is 0.750. The quantitative estimate of drug-likeness (QED) is 0.0544. The molecule has 0 aromatic heterocycles. The second kappa shape index (κ2) is 26.1. The molecular formula is C32H53N3O12. The number of nitrogens with one attached hydrogen (secondary N) is 3. The third-order valence-corrected chi connectivity index (χ3v) is 7.55. The summed E-state index contributed by atoms with van der Waals surface area (Å²) in [6.07, 6.45) is 10.5. The van der Waals surface area contributed by atoms with Crippen molar-refractivity contribution < 1.29 is 58.8 Å². The number of ketones is 1. The minimum Gasteiger partial charge on any atom is -0.481 e. The van der Waals surface area contributed by atoms with Gasteiger partial charge in [0.2, 0.25) is 17.7 Å². The van der Waals surface area contributed by atoms with Crippen molar-refractivity contribution >= 4 is 47.4 Å². The summed E-state index contributed by atoms with van der Waals surface area (Å²) in [5.74, 6) is -7.16. The molecule has 0 radical (unpaired) electrons. The topological polar surface area (TPSA) is 254 Å². The lowest BCUT2D eigenvalue weighted by atomic mass is 10.0. The Morgan fingerprint density at radius 1 is 0.404 bits per heavy atom. The van der Waals surface area contributed by atoms with Crippen LogP contribution in [0.25, 0.3) is 0 Å². The summed E-state index contributed by atoms with van der Waals surface area (Å²) in [7, 11) is 0. The smallest absolute Gasteiger partial charge is 0.326 e. The van der Waals surface area contributed by atoms with Gasteiger partial charge in [-0.15, -0.1) is 0 Å². The Kier molecular flexibility index (Phi) is 23.8. The van der Waals surface area contributed by atoms with E-state index in [1.54, 1.807) is 0 Å². The summed E-state index contributed by atoms with van der Waals surface area (Å²) in [5.41, 5.74) is 0. The lowest BCUT2D eigenvalue weighted by molar-refractivity contribution is -0.144. The van der Waals surface area contributed by atoms with E-state index in [0.29, 0.717) is 6.42 Å². The molecule has 0 saturated carbocycles. The lowest BCUT2D eigenvalue weighted by Gasteiger charge is -2.18. The van der Waals surface area contributed by atoms with E-state index in [0.717, 1.165) is 70.6 Å². The predicted octanol–water partition coefficient (Wildman–Crippen LogP) is 3.17. The summed E-state index contributed by atoms with van der Waals surface area (Å²) < 4.78 is 0. The number of carbonyl (C=O) groups excluding carboxylic acids is 4. The van der Waals surface area contributed by atoms with Crippen LogP contribution in [0.4, 0.5) is 0 Å². The van der Waals surface area contributed by atoms with Crippen LogP contribution >= 0.6 is 0 Å². The van der Waals surface area contributed by atoms with Crippen LogP contribution in [0.15, 0.2) is 0 Å². The van der Waals surface area contributed by atoms with Crippen molar-refractivity contribution in [3.8, 4) is 0 Å². The number of hydrogen-bond acceptors (Lipinski definition) is 8. The summed E-state index contributed by atoms with van der Waals surface area (Å²) in [6, 6.07) is -4.16. The van der Waals surface area contributed by atoms with Crippen LogP contribution < -0.4 is 16.0 Å². The van der Waals surface area contributed by atoms with E-state index in [1.807, 2.05) is 0 Å². The molecule has 0 aromatic carbocycles. The average Bonchev–Trinajstić information content (AvgIpc) is 2.98. The molecule has 0 aliphatic carbocycles. The zero-order chi connectivity index (χ0) is 35.6. The Labute approximate surface area is 275 Å². The van der Waals surface area contributed by atoms with Crippen LogP contribution in [0, 0.1) is 0 Å². The first-order valence-electron chi connectivity index (χ1n) is 16.5. The first-order valence-corrected chi connectivity index (χ1v) is 16.5. The molecule has 47 heavy (non-hydrogen) atoms. The van der Waals surface area contributed by atoms with Crippen molar-refractivity contribution in [2.75, 3.05) is 0 Å². The zero-order valence-electron chi connectivity index (χ0n) is 27.4. The standard InChI is InChI=1S/C32H53N3O12/c1-22(36)16-17-23(30(42)43)34-27(38)21-19-25(32(46)47)35-28(39)20-18-24(31(44)45)33-26(37)14-12-10-8-6-4-2-3-5-7-9-11-13-15-29(40)41/h23-25H,2-21H2,1H3,(H,33,37)(H,34,38)(H,35,39)(H,40,41)(H,42,43)(H,44,45)(H,46,47)/t23-,24-,25-/m0/s1. The van der Waals surface area contributed by atoms with Gasteiger partial charge in [0, 0.05) is 32.1 Å². The molecule has 0 spiro atoms. The van der Waals surface area contributed by atoms with Gasteiger partial charge in [-0.25, -0.2) is 14.4 Å². The Hall–Kier alpha value is -4.04. The SMILES string of the molecule is CC(=O)CC[C@H](NC(=O)CC[C@H](NC(=O)CC[C@H](NC(=O)CCCCCCCCCCCCCCC(=O)O)C(=O)O)C(=O)O)C(=O)O. The molecule has 3 atom stereocenters. The number of unbranched alkanes of at least 4 members (excludes halogenated alkanes) is 11. The highest BCUT2D eigenvalue weighted by Crippen LogP contribution is 2.13. The highest BCUT2D eigenvalue weighted by atomic mass is 16.4. The van der Waals surface area contributed by atoms with E-state index in [4.69, 9.17) is 5.11 Å². The maximum absolute atomic E-state index is 12.4. The van der Waals surface area contributed by atoms with E-state index < -0.39 is 72.6 Å². The number of hydrogen-bond donors (Lipinski definition) is 7. The maximum Gasteiger partial charge on any atom is 0.326 e. The van der Waals surface area contributed by atoms with Gasteiger partial charge < -0.3 is 41.2 Å². The number of aliphatic carboxylic acids is 4. The van der Waals surface area contributed by atoms with Crippen molar-refractivity contribution in [2.24, 2.45) is 0 Å². The molecule has 0 saturated heterocycles. The Morgan fingerprint density at radius 2 is 0.681 bits per heavy atom. The van der Waals surface area contributed by atoms with Crippen molar-refractivity contribution in [3.05, 3.63) is 0 Å². The van der Waals surface area contributed by atoms with Crippen molar-refractivity contribution in [1.29, 1.82) is 0 Å². The molecule has 0 heterocycles. The Morgan fingerprint density at radius 3 is 0.979 bits per heavy atom. The monoisotopic (exact) mass is 671 g/mol. The Bertz CT molecular complexity index is 1030. The minimum atomic E-state index is -1.49. The molecule has 268 valence electrons. The zero-order valence-corrected chi connectivity index (χ0v) is 27.4. The van der Waals surface area contributed by atoms with Gasteiger partial charge in [0.05, 0.1) is 0 Å². The summed E-state index contributed by atoms with van der Waals surface area (Å²) in [4.78, 5) is 92.9. The van der Waals surface area contributed by atoms with Crippen molar-refractivity contribution in [2.45, 2.75) is 153 Å². The highest BCUT2D eigenvalue weighted by molar-refractivity contribution is 5.87. The third-order valence-electron chi connectivity index (χ3n) is 7.55. The van der Waals surface area contributed by atoms with Gasteiger partial charge in [-0.3, -0.25) is 19.2 Å². The number of rotatable bonds is 30. The van der Waals surface area contributed by atoms with E-state index in [2.05, 4.69) is 16.0 Å². The van der Waals surface area contributed by atoms with Gasteiger partial charge in [0.15, 0.2) is 0 Å². The van der Waals surface area contributed by atoms with Gasteiger partial charge in [0.1, 0.15) is 23.9 Å². The molecule has 7 N–H and O–H groups in total. The molecule has 0 bridgehead atoms. The van der Waals surface area contributed by atoms with Gasteiger partial charge in [-0.05, 0) is 39.0 Å². The van der Waals surface area contributed by atoms with Crippen molar-refractivity contribution in [1.82, 2.24) is 16.0 Å². The normalized spacial score (nSPS) is 12.7. The molecule has 0 aliphatic heterocycles. The van der Waals surface area contributed by atoms with Crippen LogP contribution in [0.2, 0.25) is 0 Å². The molecular weight excluding hydrogens is 618 g/mol. The summed E-state index contributed by atoms with van der Waals surface area (Å²) in [6.45, 7) is 1.28. The van der Waals surface area contributed by atoms with E-state index in [1.165, 1.54) is 6.92 Å². The molecule has 0 aliphatic rings. The minimum absolute atomic E-state index is 0.0633. The third kappa shape index (κ3) is 24.8. The summed E-state index contributed by atoms with van der Waals surface area (Å²) >= 11 is 0. The highest BCUT2D eigenvalue weighted by Gasteiger charge is 2.26. The number of Topliss-reactive ketones (excluding diaryl/α,β-unsaturated/α-hetero) is 1. The van der Waals surface area contributed by atoms with Gasteiger partial charge in [-0.1, -0.05) is 64.2 Å². The van der Waals surface area contributed by atoms with Crippen LogP contribution in [-0.2, 0) is 38.4 Å². The lowest BCUT2D eigenvalue weighted by Crippen LogP contribution is -2.45. The molecule has 15 nitrogen and oxygen atoms in total. The second-order valence-electron chi connectivity index (χ2n) is 11.8. The van der Waals surface area contributed by atoms with Crippen LogP contribution in [0.3, 0.4) is 0 Å². The average molecular weight is 672 g/mol. The Balaban J connectivity index is 4.29. The number of carboxylic acids is 4. The molecule has 0 aromatic rings. The first-order chi connectivity index (χ1) is 22.2. The molecule has 3 amide bonds.